The first-order chi connectivity index (χ1) is 12.3. The van der Waals surface area contributed by atoms with Gasteiger partial charge in [0.05, 0.1) is 5.92 Å². The first-order valence-electron chi connectivity index (χ1n) is 9.11. The molecule has 132 valence electrons. The van der Waals surface area contributed by atoms with E-state index in [0.29, 0.717) is 12.5 Å². The van der Waals surface area contributed by atoms with Crippen LogP contribution in [0.1, 0.15) is 37.3 Å². The van der Waals surface area contributed by atoms with Gasteiger partial charge in [0.25, 0.3) is 0 Å². The van der Waals surface area contributed by atoms with Crippen LogP contribution in [0.25, 0.3) is 0 Å². The quantitative estimate of drug-likeness (QED) is 0.922. The van der Waals surface area contributed by atoms with E-state index in [1.807, 2.05) is 12.1 Å². The summed E-state index contributed by atoms with van der Waals surface area (Å²) in [6.45, 7) is 3.29. The number of H-pyrrole nitrogens is 1. The molecule has 0 saturated carbocycles. The van der Waals surface area contributed by atoms with Crippen LogP contribution in [0.15, 0.2) is 30.7 Å². The number of aromatic nitrogens is 4. The second-order valence-electron chi connectivity index (χ2n) is 6.97. The topological polar surface area (TPSA) is 78.0 Å². The minimum absolute atomic E-state index is 0.0399. The summed E-state index contributed by atoms with van der Waals surface area (Å²) >= 11 is 0. The molecule has 1 amide bonds. The molecule has 2 aromatic rings. The minimum Gasteiger partial charge on any atom is -0.342 e. The maximum Gasteiger partial charge on any atom is 0.227 e. The Labute approximate surface area is 147 Å². The number of carbonyl (C=O) groups excluding carboxylic acids is 1. The number of likely N-dealkylation sites (tertiary alicyclic amines) is 1. The molecule has 0 spiro atoms. The smallest absolute Gasteiger partial charge is 0.227 e. The molecule has 2 fully saturated rings. The number of hydrogen-bond acceptors (Lipinski definition) is 5. The third-order valence-electron chi connectivity index (χ3n) is 5.30. The predicted octanol–water partition coefficient (Wildman–Crippen LogP) is 1.82. The van der Waals surface area contributed by atoms with Crippen LogP contribution in [0.4, 0.5) is 5.95 Å². The van der Waals surface area contributed by atoms with Gasteiger partial charge >= 0.3 is 0 Å². The van der Waals surface area contributed by atoms with Crippen molar-refractivity contribution in [1.29, 1.82) is 0 Å². The summed E-state index contributed by atoms with van der Waals surface area (Å²) in [7, 11) is 0. The van der Waals surface area contributed by atoms with E-state index < -0.39 is 0 Å². The van der Waals surface area contributed by atoms with Gasteiger partial charge in [-0.2, -0.15) is 5.10 Å². The summed E-state index contributed by atoms with van der Waals surface area (Å²) < 4.78 is 0. The number of piperidine rings is 2. The third kappa shape index (κ3) is 3.50. The zero-order valence-electron chi connectivity index (χ0n) is 14.3. The highest BCUT2D eigenvalue weighted by atomic mass is 16.2. The number of rotatable bonds is 3. The van der Waals surface area contributed by atoms with Crippen molar-refractivity contribution in [2.24, 2.45) is 5.92 Å². The van der Waals surface area contributed by atoms with Gasteiger partial charge in [-0.25, -0.2) is 9.97 Å². The van der Waals surface area contributed by atoms with Crippen LogP contribution in [0, 0.1) is 5.92 Å². The summed E-state index contributed by atoms with van der Waals surface area (Å²) in [4.78, 5) is 25.9. The maximum absolute atomic E-state index is 13.1. The molecule has 2 saturated heterocycles. The van der Waals surface area contributed by atoms with Gasteiger partial charge in [-0.15, -0.1) is 0 Å². The van der Waals surface area contributed by atoms with Gasteiger partial charge in [0.15, 0.2) is 0 Å². The van der Waals surface area contributed by atoms with Crippen molar-refractivity contribution in [3.8, 4) is 0 Å². The molecule has 0 radical (unpaired) electrons. The summed E-state index contributed by atoms with van der Waals surface area (Å²) in [6, 6.07) is 3.84. The van der Waals surface area contributed by atoms with E-state index >= 15 is 0 Å². The molecule has 0 bridgehead atoms. The Kier molecular flexibility index (Phi) is 4.63. The molecule has 7 heteroatoms. The van der Waals surface area contributed by atoms with Crippen molar-refractivity contribution in [2.75, 3.05) is 31.1 Å². The standard InChI is InChI=1S/C18H24N6O/c25-17(23-10-1-4-14(12-23)16-6-9-21-22-16)15-5-2-11-24(13-15)18-19-7-3-8-20-18/h3,6-9,14-15H,1-2,4-5,10-13H2,(H,21,22). The van der Waals surface area contributed by atoms with Crippen LogP contribution in [-0.4, -0.2) is 57.2 Å². The van der Waals surface area contributed by atoms with Crippen LogP contribution < -0.4 is 4.90 Å². The van der Waals surface area contributed by atoms with E-state index in [2.05, 4.69) is 30.0 Å². The Hall–Kier alpha value is -2.44. The lowest BCUT2D eigenvalue weighted by Crippen LogP contribution is -2.48. The molecule has 2 aliphatic heterocycles. The van der Waals surface area contributed by atoms with Gasteiger partial charge in [-0.05, 0) is 37.8 Å². The van der Waals surface area contributed by atoms with Crippen LogP contribution in [0.3, 0.4) is 0 Å². The van der Waals surface area contributed by atoms with E-state index in [4.69, 9.17) is 0 Å². The van der Waals surface area contributed by atoms with Crippen LogP contribution in [-0.2, 0) is 4.79 Å². The Morgan fingerprint density at radius 3 is 2.72 bits per heavy atom. The van der Waals surface area contributed by atoms with Gasteiger partial charge in [-0.3, -0.25) is 9.89 Å². The minimum atomic E-state index is 0.0399. The number of nitrogens with one attached hydrogen (secondary N) is 1. The molecule has 2 aliphatic rings. The molecule has 0 aliphatic carbocycles. The van der Waals surface area contributed by atoms with Gasteiger partial charge in [0, 0.05) is 56.4 Å². The van der Waals surface area contributed by atoms with Crippen molar-refractivity contribution in [2.45, 2.75) is 31.6 Å². The normalized spacial score (nSPS) is 24.3. The van der Waals surface area contributed by atoms with Crippen molar-refractivity contribution < 1.29 is 4.79 Å². The van der Waals surface area contributed by atoms with E-state index in [-0.39, 0.29) is 11.8 Å². The van der Waals surface area contributed by atoms with E-state index in [1.54, 1.807) is 18.6 Å². The molecular formula is C18H24N6O. The average Bonchev–Trinajstić information content (AvgIpc) is 3.23. The van der Waals surface area contributed by atoms with Gasteiger partial charge in [0.1, 0.15) is 0 Å². The Balaban J connectivity index is 1.41. The van der Waals surface area contributed by atoms with Crippen LogP contribution in [0.2, 0.25) is 0 Å². The van der Waals surface area contributed by atoms with E-state index in [9.17, 15) is 4.79 Å². The van der Waals surface area contributed by atoms with Crippen molar-refractivity contribution in [3.63, 3.8) is 0 Å². The number of hydrogen-bond donors (Lipinski definition) is 1. The first kappa shape index (κ1) is 16.1. The monoisotopic (exact) mass is 340 g/mol. The number of amides is 1. The second kappa shape index (κ2) is 7.21. The third-order valence-corrected chi connectivity index (χ3v) is 5.30. The summed E-state index contributed by atoms with van der Waals surface area (Å²) in [5.41, 5.74) is 1.14. The van der Waals surface area contributed by atoms with Crippen LogP contribution in [0.5, 0.6) is 0 Å². The second-order valence-corrected chi connectivity index (χ2v) is 6.97. The predicted molar refractivity (Wildman–Crippen MR) is 94.1 cm³/mol. The fourth-order valence-electron chi connectivity index (χ4n) is 4.00. The SMILES string of the molecule is O=C(C1CCCN(c2ncccn2)C1)N1CCCC(c2ccn[nH]2)C1. The molecule has 0 aromatic carbocycles. The van der Waals surface area contributed by atoms with Crippen molar-refractivity contribution >= 4 is 11.9 Å². The molecule has 2 unspecified atom stereocenters. The van der Waals surface area contributed by atoms with Gasteiger partial charge in [-0.1, -0.05) is 0 Å². The summed E-state index contributed by atoms with van der Waals surface area (Å²) in [5.74, 6) is 1.43. The van der Waals surface area contributed by atoms with E-state index in [0.717, 1.165) is 57.0 Å². The summed E-state index contributed by atoms with van der Waals surface area (Å²) in [5, 5.41) is 7.11. The van der Waals surface area contributed by atoms with Crippen LogP contribution >= 0.6 is 0 Å². The Bertz CT molecular complexity index is 689. The Morgan fingerprint density at radius 1 is 1.08 bits per heavy atom. The fourth-order valence-corrected chi connectivity index (χ4v) is 4.00. The molecular weight excluding hydrogens is 316 g/mol. The molecule has 7 nitrogen and oxygen atoms in total. The van der Waals surface area contributed by atoms with Gasteiger partial charge < -0.3 is 9.80 Å². The molecule has 2 atom stereocenters. The Morgan fingerprint density at radius 2 is 1.92 bits per heavy atom. The zero-order chi connectivity index (χ0) is 17.1. The molecule has 2 aromatic heterocycles. The number of carbonyl (C=O) groups is 1. The average molecular weight is 340 g/mol. The largest absolute Gasteiger partial charge is 0.342 e. The lowest BCUT2D eigenvalue weighted by molar-refractivity contribution is -0.137. The zero-order valence-corrected chi connectivity index (χ0v) is 14.3. The van der Waals surface area contributed by atoms with Crippen molar-refractivity contribution in [3.05, 3.63) is 36.4 Å². The summed E-state index contributed by atoms with van der Waals surface area (Å²) in [6.07, 6.45) is 9.42. The van der Waals surface area contributed by atoms with Crippen molar-refractivity contribution in [1.82, 2.24) is 25.1 Å². The lowest BCUT2D eigenvalue weighted by atomic mass is 9.91. The van der Waals surface area contributed by atoms with E-state index in [1.165, 1.54) is 0 Å². The molecule has 4 rings (SSSR count). The highest BCUT2D eigenvalue weighted by Gasteiger charge is 2.33. The number of anilines is 1. The number of nitrogens with zero attached hydrogens (tertiary/aromatic N) is 5. The molecule has 4 heterocycles. The lowest BCUT2D eigenvalue weighted by Gasteiger charge is -2.38. The first-order valence-corrected chi connectivity index (χ1v) is 9.11. The maximum atomic E-state index is 13.1. The number of aromatic amines is 1. The molecule has 1 N–H and O–H groups in total. The fraction of sp³-hybridized carbons (Fsp3) is 0.556. The molecule has 25 heavy (non-hydrogen) atoms. The van der Waals surface area contributed by atoms with Gasteiger partial charge in [0.2, 0.25) is 11.9 Å². The highest BCUT2D eigenvalue weighted by Crippen LogP contribution is 2.28. The highest BCUT2D eigenvalue weighted by molar-refractivity contribution is 5.80.